The molecule has 3 rings (SSSR count). The van der Waals surface area contributed by atoms with Crippen LogP contribution in [0.2, 0.25) is 0 Å². The number of carbonyl (C=O) groups excluding carboxylic acids is 1. The van der Waals surface area contributed by atoms with Gasteiger partial charge in [-0.3, -0.25) is 14.2 Å². The van der Waals surface area contributed by atoms with Crippen LogP contribution in [0.4, 0.5) is 0 Å². The third-order valence-corrected chi connectivity index (χ3v) is 7.12. The first-order valence-electron chi connectivity index (χ1n) is 10.9. The summed E-state index contributed by atoms with van der Waals surface area (Å²) >= 11 is 0. The van der Waals surface area contributed by atoms with Crippen molar-refractivity contribution in [2.45, 2.75) is 37.5 Å². The predicted molar refractivity (Wildman–Crippen MR) is 124 cm³/mol. The van der Waals surface area contributed by atoms with Crippen LogP contribution in [0.25, 0.3) is 11.1 Å². The average Bonchev–Trinajstić information content (AvgIpc) is 3.25. The molecule has 1 atom stereocenters. The molecule has 0 aliphatic carbocycles. The lowest BCUT2D eigenvalue weighted by atomic mass is 10.1. The van der Waals surface area contributed by atoms with E-state index in [1.165, 1.54) is 38.2 Å². The number of carbonyl (C=O) groups is 1. The van der Waals surface area contributed by atoms with Crippen LogP contribution < -0.4 is 16.0 Å². The first kappa shape index (κ1) is 24.0. The van der Waals surface area contributed by atoms with Crippen molar-refractivity contribution in [1.82, 2.24) is 9.47 Å². The number of aromatic nitrogens is 1. The monoisotopic (exact) mass is 461 g/mol. The number of pyridine rings is 1. The largest absolute Gasteiger partial charge is 0.494 e. The summed E-state index contributed by atoms with van der Waals surface area (Å²) in [7, 11) is -3.60. The van der Waals surface area contributed by atoms with Crippen LogP contribution in [-0.4, -0.2) is 56.3 Å². The van der Waals surface area contributed by atoms with Gasteiger partial charge in [0, 0.05) is 31.5 Å². The van der Waals surface area contributed by atoms with Crippen LogP contribution in [0.1, 0.15) is 37.5 Å². The lowest BCUT2D eigenvalue weighted by molar-refractivity contribution is -0.118. The van der Waals surface area contributed by atoms with E-state index in [1.807, 2.05) is 24.3 Å². The first-order chi connectivity index (χ1) is 15.2. The number of rotatable bonds is 11. The lowest BCUT2D eigenvalue weighted by Crippen LogP contribution is -2.29. The second kappa shape index (κ2) is 10.8. The third kappa shape index (κ3) is 6.67. The quantitative estimate of drug-likeness (QED) is 0.514. The molecule has 1 aromatic carbocycles. The molecule has 2 heterocycles. The maximum Gasteiger partial charge on any atom is 0.252 e. The maximum absolute atomic E-state index is 12.7. The smallest absolute Gasteiger partial charge is 0.252 e. The van der Waals surface area contributed by atoms with Crippen molar-refractivity contribution in [2.24, 2.45) is 5.73 Å². The van der Waals surface area contributed by atoms with Crippen LogP contribution >= 0.6 is 0 Å². The number of benzene rings is 1. The summed E-state index contributed by atoms with van der Waals surface area (Å²) in [5.41, 5.74) is 6.19. The van der Waals surface area contributed by atoms with Gasteiger partial charge in [0.1, 0.15) is 11.1 Å². The molecular formula is C23H31N3O5S. The molecule has 32 heavy (non-hydrogen) atoms. The number of hydrogen-bond donors (Lipinski definition) is 1. The predicted octanol–water partition coefficient (Wildman–Crippen LogP) is 2.19. The van der Waals surface area contributed by atoms with Crippen molar-refractivity contribution < 1.29 is 17.9 Å². The van der Waals surface area contributed by atoms with Crippen LogP contribution in [0.3, 0.4) is 0 Å². The highest BCUT2D eigenvalue weighted by Gasteiger charge is 2.24. The van der Waals surface area contributed by atoms with E-state index in [9.17, 15) is 18.0 Å². The number of ether oxygens (including phenoxy) is 1. The minimum Gasteiger partial charge on any atom is -0.494 e. The molecule has 2 aromatic rings. The highest BCUT2D eigenvalue weighted by atomic mass is 32.2. The Balaban J connectivity index is 1.64. The van der Waals surface area contributed by atoms with Crippen LogP contribution in [0, 0.1) is 0 Å². The Kier molecular flexibility index (Phi) is 8.09. The number of nitrogens with two attached hydrogens (primary N) is 1. The SMILES string of the molecule is CS(=O)(=O)C(CCC(N)=O)n1ccc(-c2ccc(OCCCN3CCCC3)cc2)cc1=O. The summed E-state index contributed by atoms with van der Waals surface area (Å²) in [5, 5.41) is -1.13. The minimum atomic E-state index is -3.60. The molecule has 8 nitrogen and oxygen atoms in total. The zero-order chi connectivity index (χ0) is 23.1. The van der Waals surface area contributed by atoms with E-state index in [0.717, 1.165) is 35.1 Å². The molecule has 1 aromatic heterocycles. The summed E-state index contributed by atoms with van der Waals surface area (Å²) in [4.78, 5) is 26.2. The summed E-state index contributed by atoms with van der Waals surface area (Å²) in [6, 6.07) is 10.6. The molecule has 1 unspecified atom stereocenters. The Labute approximate surface area is 188 Å². The van der Waals surface area contributed by atoms with Gasteiger partial charge in [0.15, 0.2) is 9.84 Å². The standard InChI is InChI=1S/C23H31N3O5S/c1-32(29,30)23(10-9-21(24)27)26-15-11-19(17-22(26)28)18-5-7-20(8-6-18)31-16-4-14-25-12-2-3-13-25/h5-8,11,15,17,23H,2-4,9-10,12-14,16H2,1H3,(H2,24,27). The van der Waals surface area contributed by atoms with Gasteiger partial charge < -0.3 is 15.4 Å². The second-order valence-corrected chi connectivity index (χ2v) is 10.4. The second-order valence-electron chi connectivity index (χ2n) is 8.23. The van der Waals surface area contributed by atoms with E-state index in [4.69, 9.17) is 10.5 Å². The summed E-state index contributed by atoms with van der Waals surface area (Å²) < 4.78 is 31.2. The van der Waals surface area contributed by atoms with Crippen molar-refractivity contribution in [1.29, 1.82) is 0 Å². The number of hydrogen-bond acceptors (Lipinski definition) is 6. The van der Waals surface area contributed by atoms with Gasteiger partial charge in [0.25, 0.3) is 5.56 Å². The van der Waals surface area contributed by atoms with Gasteiger partial charge in [-0.1, -0.05) is 12.1 Å². The van der Waals surface area contributed by atoms with Crippen LogP contribution in [0.5, 0.6) is 5.75 Å². The zero-order valence-electron chi connectivity index (χ0n) is 18.4. The van der Waals surface area contributed by atoms with E-state index < -0.39 is 26.7 Å². The molecule has 0 bridgehead atoms. The molecular weight excluding hydrogens is 430 g/mol. The summed E-state index contributed by atoms with van der Waals surface area (Å²) in [6.45, 7) is 4.08. The Morgan fingerprint density at radius 1 is 1.12 bits per heavy atom. The first-order valence-corrected chi connectivity index (χ1v) is 12.8. The fraction of sp³-hybridized carbons (Fsp3) is 0.478. The van der Waals surface area contributed by atoms with Gasteiger partial charge in [0.05, 0.1) is 6.61 Å². The fourth-order valence-corrected chi connectivity index (χ4v) is 5.09. The van der Waals surface area contributed by atoms with E-state index >= 15 is 0 Å². The van der Waals surface area contributed by atoms with Gasteiger partial charge in [-0.15, -0.1) is 0 Å². The van der Waals surface area contributed by atoms with E-state index in [2.05, 4.69) is 4.90 Å². The minimum absolute atomic E-state index is 0.0444. The van der Waals surface area contributed by atoms with Crippen molar-refractivity contribution in [3.63, 3.8) is 0 Å². The zero-order valence-corrected chi connectivity index (χ0v) is 19.2. The summed E-state index contributed by atoms with van der Waals surface area (Å²) in [5.74, 6) is 0.161. The normalized spacial score (nSPS) is 15.5. The molecule has 1 fully saturated rings. The summed E-state index contributed by atoms with van der Waals surface area (Å²) in [6.07, 6.45) is 5.89. The third-order valence-electron chi connectivity index (χ3n) is 5.66. The molecule has 9 heteroatoms. The van der Waals surface area contributed by atoms with Gasteiger partial charge in [-0.05, 0) is 68.1 Å². The van der Waals surface area contributed by atoms with E-state index in [-0.39, 0.29) is 12.8 Å². The Hall–Kier alpha value is -2.65. The van der Waals surface area contributed by atoms with E-state index in [1.54, 1.807) is 6.07 Å². The number of nitrogens with zero attached hydrogens (tertiary/aromatic N) is 2. The molecule has 0 radical (unpaired) electrons. The Morgan fingerprint density at radius 3 is 2.41 bits per heavy atom. The van der Waals surface area contributed by atoms with Crippen molar-refractivity contribution in [3.8, 4) is 16.9 Å². The van der Waals surface area contributed by atoms with Gasteiger partial charge in [-0.25, -0.2) is 8.42 Å². The Morgan fingerprint density at radius 2 is 1.81 bits per heavy atom. The molecule has 2 N–H and O–H groups in total. The van der Waals surface area contributed by atoms with Crippen molar-refractivity contribution in [3.05, 3.63) is 52.9 Å². The highest BCUT2D eigenvalue weighted by Crippen LogP contribution is 2.24. The van der Waals surface area contributed by atoms with E-state index in [0.29, 0.717) is 12.2 Å². The fourth-order valence-electron chi connectivity index (χ4n) is 3.96. The number of sulfone groups is 1. The molecule has 1 saturated heterocycles. The molecule has 1 aliphatic rings. The van der Waals surface area contributed by atoms with Crippen molar-refractivity contribution >= 4 is 15.7 Å². The number of amides is 1. The van der Waals surface area contributed by atoms with Gasteiger partial charge in [-0.2, -0.15) is 0 Å². The number of likely N-dealkylation sites (tertiary alicyclic amines) is 1. The molecule has 0 spiro atoms. The van der Waals surface area contributed by atoms with Gasteiger partial charge in [0.2, 0.25) is 5.91 Å². The molecule has 174 valence electrons. The van der Waals surface area contributed by atoms with Crippen LogP contribution in [0.15, 0.2) is 47.4 Å². The Bertz CT molecular complexity index is 1070. The maximum atomic E-state index is 12.7. The highest BCUT2D eigenvalue weighted by molar-refractivity contribution is 7.90. The molecule has 1 aliphatic heterocycles. The van der Waals surface area contributed by atoms with Gasteiger partial charge >= 0.3 is 0 Å². The number of primary amides is 1. The van der Waals surface area contributed by atoms with Crippen molar-refractivity contribution in [2.75, 3.05) is 32.5 Å². The topological polar surface area (TPSA) is 112 Å². The average molecular weight is 462 g/mol. The molecule has 1 amide bonds. The lowest BCUT2D eigenvalue weighted by Gasteiger charge is -2.18. The molecule has 0 saturated carbocycles. The van der Waals surface area contributed by atoms with Crippen LogP contribution in [-0.2, 0) is 14.6 Å².